The lowest BCUT2D eigenvalue weighted by Crippen LogP contribution is -2.48. The van der Waals surface area contributed by atoms with Crippen LogP contribution in [0.4, 0.5) is 23.7 Å². The van der Waals surface area contributed by atoms with Gasteiger partial charge in [-0.05, 0) is 29.6 Å². The number of benzene rings is 1. The van der Waals surface area contributed by atoms with Crippen molar-refractivity contribution in [1.29, 1.82) is 0 Å². The van der Waals surface area contributed by atoms with E-state index in [-0.39, 0.29) is 6.54 Å². The van der Waals surface area contributed by atoms with Crippen LogP contribution in [0.2, 0.25) is 0 Å². The van der Waals surface area contributed by atoms with Gasteiger partial charge in [0.1, 0.15) is 5.69 Å². The first-order chi connectivity index (χ1) is 13.3. The fourth-order valence-electron chi connectivity index (χ4n) is 3.65. The summed E-state index contributed by atoms with van der Waals surface area (Å²) in [5, 5.41) is 11.5. The summed E-state index contributed by atoms with van der Waals surface area (Å²) in [6.07, 6.45) is -5.44. The van der Waals surface area contributed by atoms with E-state index in [9.17, 15) is 18.0 Å². The molecule has 0 atom stereocenters. The summed E-state index contributed by atoms with van der Waals surface area (Å²) < 4.78 is 42.5. The maximum absolute atomic E-state index is 13.7. The highest BCUT2D eigenvalue weighted by atomic mass is 32.1. The van der Waals surface area contributed by atoms with Gasteiger partial charge in [0.25, 0.3) is 0 Å². The number of halogens is 3. The number of alkyl halides is 3. The zero-order valence-electron chi connectivity index (χ0n) is 14.8. The van der Waals surface area contributed by atoms with Gasteiger partial charge < -0.3 is 19.5 Å². The number of hydrogen-bond donors (Lipinski definition) is 1. The summed E-state index contributed by atoms with van der Waals surface area (Å²) in [5.41, 5.74) is 0.560. The summed E-state index contributed by atoms with van der Waals surface area (Å²) >= 11 is 1.42. The molecule has 1 aliphatic heterocycles. The molecule has 1 saturated heterocycles. The molecule has 9 heteroatoms. The highest BCUT2D eigenvalue weighted by molar-refractivity contribution is 7.09. The molecule has 1 amide bonds. The third-order valence-electron chi connectivity index (χ3n) is 5.00. The van der Waals surface area contributed by atoms with Gasteiger partial charge in [0, 0.05) is 42.1 Å². The van der Waals surface area contributed by atoms with Crippen LogP contribution < -0.4 is 4.90 Å². The van der Waals surface area contributed by atoms with Crippen LogP contribution >= 0.6 is 11.3 Å². The Bertz CT molecular complexity index is 990. The number of anilines is 1. The number of piperazine rings is 1. The van der Waals surface area contributed by atoms with Crippen LogP contribution in [0.5, 0.6) is 0 Å². The van der Waals surface area contributed by atoms with E-state index in [1.165, 1.54) is 26.9 Å². The normalized spacial score (nSPS) is 15.4. The topological polar surface area (TPSA) is 48.7 Å². The monoisotopic (exact) mass is 409 g/mol. The van der Waals surface area contributed by atoms with E-state index in [0.717, 1.165) is 4.88 Å². The van der Waals surface area contributed by atoms with Gasteiger partial charge in [-0.3, -0.25) is 0 Å². The van der Waals surface area contributed by atoms with E-state index >= 15 is 0 Å². The molecule has 5 nitrogen and oxygen atoms in total. The molecule has 0 spiro atoms. The van der Waals surface area contributed by atoms with Crippen molar-refractivity contribution in [3.63, 3.8) is 0 Å². The molecule has 0 unspecified atom stereocenters. The maximum Gasteiger partial charge on any atom is 0.431 e. The van der Waals surface area contributed by atoms with Crippen molar-refractivity contribution in [3.8, 4) is 0 Å². The van der Waals surface area contributed by atoms with Crippen LogP contribution in [0.25, 0.3) is 10.9 Å². The molecule has 1 aliphatic rings. The van der Waals surface area contributed by atoms with Gasteiger partial charge in [0.05, 0.1) is 12.1 Å². The van der Waals surface area contributed by atoms with E-state index in [4.69, 9.17) is 5.11 Å². The molecule has 28 heavy (non-hydrogen) atoms. The maximum atomic E-state index is 13.7. The van der Waals surface area contributed by atoms with Crippen molar-refractivity contribution in [2.24, 2.45) is 0 Å². The lowest BCUT2D eigenvalue weighted by atomic mass is 10.1. The predicted octanol–water partition coefficient (Wildman–Crippen LogP) is 4.57. The molecule has 0 radical (unpaired) electrons. The summed E-state index contributed by atoms with van der Waals surface area (Å²) in [6, 6.07) is 10.1. The van der Waals surface area contributed by atoms with Crippen LogP contribution in [-0.4, -0.2) is 46.8 Å². The Morgan fingerprint density at radius 2 is 1.86 bits per heavy atom. The molecule has 4 rings (SSSR count). The summed E-state index contributed by atoms with van der Waals surface area (Å²) in [7, 11) is 0. The second-order valence-corrected chi connectivity index (χ2v) is 7.69. The molecular formula is C19H18F3N3O2S. The lowest BCUT2D eigenvalue weighted by molar-refractivity contribution is -0.143. The second kappa shape index (κ2) is 7.05. The molecule has 148 valence electrons. The molecule has 2 aromatic heterocycles. The number of carbonyl (C=O) groups is 1. The van der Waals surface area contributed by atoms with Gasteiger partial charge in [-0.1, -0.05) is 12.1 Å². The van der Waals surface area contributed by atoms with E-state index in [1.807, 2.05) is 22.4 Å². The summed E-state index contributed by atoms with van der Waals surface area (Å²) in [4.78, 5) is 15.2. The standard InChI is InChI=1S/C19H18F3N3O2S/c20-19(21,22)17-11-14-15(23-6-8-24(9-7-23)18(26)27)4-1-5-16(14)25(17)12-13-3-2-10-28-13/h1-5,10-11H,6-9,12H2,(H,26,27). The molecule has 0 bridgehead atoms. The highest BCUT2D eigenvalue weighted by Crippen LogP contribution is 2.38. The molecule has 1 N–H and O–H groups in total. The Labute approximate surface area is 163 Å². The van der Waals surface area contributed by atoms with E-state index < -0.39 is 18.0 Å². The molecule has 3 aromatic rings. The van der Waals surface area contributed by atoms with Gasteiger partial charge in [-0.2, -0.15) is 13.2 Å². The smallest absolute Gasteiger partial charge is 0.431 e. The quantitative estimate of drug-likeness (QED) is 0.690. The summed E-state index contributed by atoms with van der Waals surface area (Å²) in [6.45, 7) is 1.71. The molecule has 1 fully saturated rings. The van der Waals surface area contributed by atoms with Crippen LogP contribution in [0.3, 0.4) is 0 Å². The number of amides is 1. The van der Waals surface area contributed by atoms with Gasteiger partial charge in [-0.25, -0.2) is 4.79 Å². The van der Waals surface area contributed by atoms with Crippen LogP contribution in [0.1, 0.15) is 10.6 Å². The zero-order chi connectivity index (χ0) is 19.9. The fraction of sp³-hybridized carbons (Fsp3) is 0.316. The Morgan fingerprint density at radius 3 is 2.46 bits per heavy atom. The van der Waals surface area contributed by atoms with Crippen molar-refractivity contribution in [3.05, 3.63) is 52.3 Å². The summed E-state index contributed by atoms with van der Waals surface area (Å²) in [5.74, 6) is 0. The van der Waals surface area contributed by atoms with Gasteiger partial charge in [-0.15, -0.1) is 11.3 Å². The first-order valence-corrected chi connectivity index (χ1v) is 9.67. The Hall–Kier alpha value is -2.68. The van der Waals surface area contributed by atoms with E-state index in [0.29, 0.717) is 42.8 Å². The predicted molar refractivity (Wildman–Crippen MR) is 102 cm³/mol. The fourth-order valence-corrected chi connectivity index (χ4v) is 4.34. The van der Waals surface area contributed by atoms with E-state index in [2.05, 4.69) is 0 Å². The minimum absolute atomic E-state index is 0.159. The number of nitrogens with zero attached hydrogens (tertiary/aromatic N) is 3. The average Bonchev–Trinajstić information content (AvgIpc) is 3.30. The first-order valence-electron chi connectivity index (χ1n) is 8.79. The number of rotatable bonds is 3. The number of hydrogen-bond acceptors (Lipinski definition) is 3. The third kappa shape index (κ3) is 3.42. The molecular weight excluding hydrogens is 391 g/mol. The largest absolute Gasteiger partial charge is 0.465 e. The van der Waals surface area contributed by atoms with Crippen LogP contribution in [0, 0.1) is 0 Å². The Kier molecular flexibility index (Phi) is 4.70. The molecule has 1 aromatic carbocycles. The van der Waals surface area contributed by atoms with Crippen molar-refractivity contribution in [2.45, 2.75) is 12.7 Å². The second-order valence-electron chi connectivity index (χ2n) is 6.66. The minimum Gasteiger partial charge on any atom is -0.465 e. The average molecular weight is 409 g/mol. The molecule has 3 heterocycles. The highest BCUT2D eigenvalue weighted by Gasteiger charge is 2.36. The Morgan fingerprint density at radius 1 is 1.11 bits per heavy atom. The number of fused-ring (bicyclic) bond motifs is 1. The zero-order valence-corrected chi connectivity index (χ0v) is 15.6. The number of carboxylic acid groups (broad SMARTS) is 1. The van der Waals surface area contributed by atoms with E-state index in [1.54, 1.807) is 18.2 Å². The molecule has 0 saturated carbocycles. The van der Waals surface area contributed by atoms with Crippen molar-refractivity contribution in [2.75, 3.05) is 31.1 Å². The number of thiophene rings is 1. The Balaban J connectivity index is 1.76. The SMILES string of the molecule is O=C(O)N1CCN(c2cccc3c2cc(C(F)(F)F)n3Cc2cccs2)CC1. The first kappa shape index (κ1) is 18.7. The third-order valence-corrected chi connectivity index (χ3v) is 5.86. The van der Waals surface area contributed by atoms with Crippen molar-refractivity contribution >= 4 is 34.0 Å². The number of aromatic nitrogens is 1. The van der Waals surface area contributed by atoms with Gasteiger partial charge in [0.15, 0.2) is 0 Å². The van der Waals surface area contributed by atoms with Crippen molar-refractivity contribution in [1.82, 2.24) is 9.47 Å². The van der Waals surface area contributed by atoms with Gasteiger partial charge >= 0.3 is 12.3 Å². The van der Waals surface area contributed by atoms with Gasteiger partial charge in [0.2, 0.25) is 0 Å². The lowest BCUT2D eigenvalue weighted by Gasteiger charge is -2.35. The van der Waals surface area contributed by atoms with Crippen molar-refractivity contribution < 1.29 is 23.1 Å². The minimum atomic E-state index is -4.46. The molecule has 0 aliphatic carbocycles. The van der Waals surface area contributed by atoms with Crippen LogP contribution in [-0.2, 0) is 12.7 Å². The van der Waals surface area contributed by atoms with Crippen LogP contribution in [0.15, 0.2) is 41.8 Å².